The maximum absolute atomic E-state index is 5.86. The van der Waals surface area contributed by atoms with Gasteiger partial charge in [0.2, 0.25) is 0 Å². The summed E-state index contributed by atoms with van der Waals surface area (Å²) in [6.07, 6.45) is 2.33. The van der Waals surface area contributed by atoms with Crippen molar-refractivity contribution in [2.24, 2.45) is 0 Å². The lowest BCUT2D eigenvalue weighted by atomic mass is 9.98. The van der Waals surface area contributed by atoms with Crippen molar-refractivity contribution < 1.29 is 9.47 Å². The second-order valence-corrected chi connectivity index (χ2v) is 6.30. The van der Waals surface area contributed by atoms with Crippen LogP contribution < -0.4 is 14.8 Å². The summed E-state index contributed by atoms with van der Waals surface area (Å²) >= 11 is 0. The number of rotatable bonds is 7. The number of anilines is 1. The summed E-state index contributed by atoms with van der Waals surface area (Å²) in [5.41, 5.74) is 2.71. The highest BCUT2D eigenvalue weighted by Crippen LogP contribution is 2.26. The van der Waals surface area contributed by atoms with Crippen molar-refractivity contribution >= 4 is 5.69 Å². The Morgan fingerprint density at radius 3 is 2.67 bits per heavy atom. The van der Waals surface area contributed by atoms with Gasteiger partial charge in [-0.05, 0) is 43.7 Å². The van der Waals surface area contributed by atoms with E-state index in [0.717, 1.165) is 31.0 Å². The molecular weight excluding hydrogens is 300 g/mol. The van der Waals surface area contributed by atoms with Gasteiger partial charge in [-0.2, -0.15) is 0 Å². The maximum Gasteiger partial charge on any atom is 0.161 e. The summed E-state index contributed by atoms with van der Waals surface area (Å²) in [5, 5.41) is 3.65. The topological polar surface area (TPSA) is 33.7 Å². The van der Waals surface area contributed by atoms with Crippen molar-refractivity contribution in [2.75, 3.05) is 39.2 Å². The first-order chi connectivity index (χ1) is 11.8. The van der Waals surface area contributed by atoms with Gasteiger partial charge in [0, 0.05) is 24.8 Å². The van der Waals surface area contributed by atoms with Gasteiger partial charge in [-0.25, -0.2) is 0 Å². The Morgan fingerprint density at radius 2 is 1.83 bits per heavy atom. The Hall–Kier alpha value is -2.20. The smallest absolute Gasteiger partial charge is 0.161 e. The molecule has 1 aliphatic heterocycles. The monoisotopic (exact) mass is 326 g/mol. The normalized spacial score (nSPS) is 16.4. The van der Waals surface area contributed by atoms with Crippen LogP contribution in [0.2, 0.25) is 0 Å². The molecule has 0 saturated heterocycles. The largest absolute Gasteiger partial charge is 0.493 e. The Bertz CT molecular complexity index is 660. The molecule has 1 aliphatic rings. The maximum atomic E-state index is 5.86. The summed E-state index contributed by atoms with van der Waals surface area (Å²) in [6, 6.07) is 16.9. The Balaban J connectivity index is 1.44. The molecule has 0 saturated carbocycles. The van der Waals surface area contributed by atoms with Crippen LogP contribution in [-0.4, -0.2) is 44.8 Å². The average Bonchev–Trinajstić information content (AvgIpc) is 2.62. The van der Waals surface area contributed by atoms with Crippen LogP contribution in [0.3, 0.4) is 0 Å². The lowest BCUT2D eigenvalue weighted by Gasteiger charge is -2.30. The SMILES string of the molecule is COc1ccccc1OCCN(C)CC1CCc2ccccc2N1. The number of para-hydroxylation sites is 3. The number of aryl methyl sites for hydroxylation is 1. The predicted molar refractivity (Wildman–Crippen MR) is 98.2 cm³/mol. The van der Waals surface area contributed by atoms with Crippen molar-refractivity contribution in [1.29, 1.82) is 0 Å². The van der Waals surface area contributed by atoms with Crippen molar-refractivity contribution in [3.05, 3.63) is 54.1 Å². The van der Waals surface area contributed by atoms with Crippen LogP contribution >= 0.6 is 0 Å². The number of nitrogens with one attached hydrogen (secondary N) is 1. The zero-order chi connectivity index (χ0) is 16.8. The first-order valence-electron chi connectivity index (χ1n) is 8.55. The van der Waals surface area contributed by atoms with Crippen LogP contribution in [0.4, 0.5) is 5.69 Å². The Morgan fingerprint density at radius 1 is 1.08 bits per heavy atom. The van der Waals surface area contributed by atoms with Crippen LogP contribution in [-0.2, 0) is 6.42 Å². The molecule has 128 valence electrons. The number of nitrogens with zero attached hydrogens (tertiary/aromatic N) is 1. The van der Waals surface area contributed by atoms with Crippen molar-refractivity contribution in [2.45, 2.75) is 18.9 Å². The molecule has 1 unspecified atom stereocenters. The molecule has 0 fully saturated rings. The van der Waals surface area contributed by atoms with E-state index >= 15 is 0 Å². The van der Waals surface area contributed by atoms with Crippen LogP contribution in [0, 0.1) is 0 Å². The minimum Gasteiger partial charge on any atom is -0.493 e. The van der Waals surface area contributed by atoms with Crippen molar-refractivity contribution in [3.63, 3.8) is 0 Å². The van der Waals surface area contributed by atoms with Gasteiger partial charge in [0.1, 0.15) is 6.61 Å². The quantitative estimate of drug-likeness (QED) is 0.845. The molecular formula is C20H26N2O2. The first kappa shape index (κ1) is 16.7. The number of benzene rings is 2. The van der Waals surface area contributed by atoms with E-state index in [0.29, 0.717) is 12.6 Å². The van der Waals surface area contributed by atoms with Crippen LogP contribution in [0.25, 0.3) is 0 Å². The second kappa shape index (κ2) is 8.06. The summed E-state index contributed by atoms with van der Waals surface area (Å²) in [6.45, 7) is 2.56. The fourth-order valence-corrected chi connectivity index (χ4v) is 3.15. The molecule has 0 aliphatic carbocycles. The summed E-state index contributed by atoms with van der Waals surface area (Å²) in [4.78, 5) is 2.32. The lowest BCUT2D eigenvalue weighted by molar-refractivity contribution is 0.223. The summed E-state index contributed by atoms with van der Waals surface area (Å²) < 4.78 is 11.2. The minimum absolute atomic E-state index is 0.496. The van der Waals surface area contributed by atoms with Crippen LogP contribution in [0.5, 0.6) is 11.5 Å². The summed E-state index contributed by atoms with van der Waals surface area (Å²) in [7, 11) is 3.81. The molecule has 1 atom stereocenters. The van der Waals surface area contributed by atoms with E-state index < -0.39 is 0 Å². The van der Waals surface area contributed by atoms with Crippen LogP contribution in [0.15, 0.2) is 48.5 Å². The molecule has 24 heavy (non-hydrogen) atoms. The van der Waals surface area contributed by atoms with Crippen molar-refractivity contribution in [3.8, 4) is 11.5 Å². The number of ether oxygens (including phenoxy) is 2. The van der Waals surface area contributed by atoms with Gasteiger partial charge in [0.05, 0.1) is 7.11 Å². The zero-order valence-corrected chi connectivity index (χ0v) is 14.5. The molecule has 3 rings (SSSR count). The molecule has 1 N–H and O–H groups in total. The highest BCUT2D eigenvalue weighted by atomic mass is 16.5. The van der Waals surface area contributed by atoms with Gasteiger partial charge in [-0.1, -0.05) is 30.3 Å². The zero-order valence-electron chi connectivity index (χ0n) is 14.5. The van der Waals surface area contributed by atoms with E-state index in [2.05, 4.69) is 41.5 Å². The third-order valence-electron chi connectivity index (χ3n) is 4.47. The van der Waals surface area contributed by atoms with E-state index in [4.69, 9.17) is 9.47 Å². The molecule has 0 radical (unpaired) electrons. The van der Waals surface area contributed by atoms with Crippen LogP contribution in [0.1, 0.15) is 12.0 Å². The molecule has 2 aromatic rings. The number of methoxy groups -OCH3 is 1. The number of hydrogen-bond donors (Lipinski definition) is 1. The molecule has 2 aromatic carbocycles. The molecule has 4 nitrogen and oxygen atoms in total. The Kier molecular flexibility index (Phi) is 5.59. The van der Waals surface area contributed by atoms with Gasteiger partial charge >= 0.3 is 0 Å². The second-order valence-electron chi connectivity index (χ2n) is 6.30. The number of fused-ring (bicyclic) bond motifs is 1. The summed E-state index contributed by atoms with van der Waals surface area (Å²) in [5.74, 6) is 1.59. The van der Waals surface area contributed by atoms with E-state index in [9.17, 15) is 0 Å². The molecule has 4 heteroatoms. The third-order valence-corrected chi connectivity index (χ3v) is 4.47. The van der Waals surface area contributed by atoms with Gasteiger partial charge in [0.15, 0.2) is 11.5 Å². The average molecular weight is 326 g/mol. The van der Waals surface area contributed by atoms with Gasteiger partial charge in [0.25, 0.3) is 0 Å². The highest BCUT2D eigenvalue weighted by molar-refractivity contribution is 5.53. The van der Waals surface area contributed by atoms with E-state index in [1.807, 2.05) is 24.3 Å². The van der Waals surface area contributed by atoms with Gasteiger partial charge in [-0.15, -0.1) is 0 Å². The van der Waals surface area contributed by atoms with E-state index in [-0.39, 0.29) is 0 Å². The molecule has 1 heterocycles. The molecule has 0 spiro atoms. The van der Waals surface area contributed by atoms with E-state index in [1.54, 1.807) is 7.11 Å². The highest BCUT2D eigenvalue weighted by Gasteiger charge is 2.18. The molecule has 0 amide bonds. The van der Waals surface area contributed by atoms with Gasteiger partial charge in [-0.3, -0.25) is 0 Å². The predicted octanol–water partition coefficient (Wildman–Crippen LogP) is 3.43. The Labute approximate surface area is 144 Å². The number of hydrogen-bond acceptors (Lipinski definition) is 4. The molecule has 0 bridgehead atoms. The fourth-order valence-electron chi connectivity index (χ4n) is 3.15. The standard InChI is InChI=1S/C20H26N2O2/c1-22(13-14-24-20-10-6-5-9-19(20)23-2)15-17-12-11-16-7-3-4-8-18(16)21-17/h3-10,17,21H,11-15H2,1-2H3. The first-order valence-corrected chi connectivity index (χ1v) is 8.55. The third kappa shape index (κ3) is 4.20. The van der Waals surface area contributed by atoms with Gasteiger partial charge < -0.3 is 19.7 Å². The lowest BCUT2D eigenvalue weighted by Crippen LogP contribution is -2.38. The fraction of sp³-hybridized carbons (Fsp3) is 0.400. The van der Waals surface area contributed by atoms with Crippen molar-refractivity contribution in [1.82, 2.24) is 4.90 Å². The molecule has 0 aromatic heterocycles. The minimum atomic E-state index is 0.496. The van der Waals surface area contributed by atoms with E-state index in [1.165, 1.54) is 17.7 Å². The number of likely N-dealkylation sites (N-methyl/N-ethyl adjacent to an activating group) is 1.